The van der Waals surface area contributed by atoms with Crippen LogP contribution in [0.15, 0.2) is 24.5 Å². The van der Waals surface area contributed by atoms with Crippen molar-refractivity contribution in [2.75, 3.05) is 0 Å². The van der Waals surface area contributed by atoms with Crippen molar-refractivity contribution >= 4 is 34.3 Å². The first-order valence-electron chi connectivity index (χ1n) is 8.07. The van der Waals surface area contributed by atoms with Crippen LogP contribution in [0.25, 0.3) is 10.9 Å². The number of carbonyl (C=O) groups is 2. The Labute approximate surface area is 158 Å². The van der Waals surface area contributed by atoms with Gasteiger partial charge in [0, 0.05) is 17.6 Å². The molecule has 0 spiro atoms. The Morgan fingerprint density at radius 2 is 1.96 bits per heavy atom. The molecular formula is C18H16ClFN4O3. The molecule has 0 fully saturated rings. The standard InChI is InChI=1S/C18H16ClFN4O3/c1-8(2)23-18(27)24-14-5-11(19)12(20)4-10(14)15(17(24)26)16(25)13-7-21-9(3)6-22-13/h4-8,26H,1-3H3,(H,23,27). The first-order chi connectivity index (χ1) is 12.7. The quantitative estimate of drug-likeness (QED) is 0.668. The highest BCUT2D eigenvalue weighted by Gasteiger charge is 2.28. The highest BCUT2D eigenvalue weighted by Crippen LogP contribution is 2.35. The zero-order chi connectivity index (χ0) is 19.9. The van der Waals surface area contributed by atoms with Gasteiger partial charge in [0.15, 0.2) is 0 Å². The molecule has 1 amide bonds. The summed E-state index contributed by atoms with van der Waals surface area (Å²) in [6.07, 6.45) is 2.65. The fourth-order valence-electron chi connectivity index (χ4n) is 2.65. The molecule has 0 saturated carbocycles. The maximum Gasteiger partial charge on any atom is 0.329 e. The molecule has 0 aliphatic carbocycles. The summed E-state index contributed by atoms with van der Waals surface area (Å²) in [7, 11) is 0. The number of nitrogens with one attached hydrogen (secondary N) is 1. The summed E-state index contributed by atoms with van der Waals surface area (Å²) < 4.78 is 14.9. The lowest BCUT2D eigenvalue weighted by Gasteiger charge is -2.11. The molecule has 0 radical (unpaired) electrons. The molecule has 9 heteroatoms. The van der Waals surface area contributed by atoms with E-state index in [1.807, 2.05) is 0 Å². The number of aryl methyl sites for hydroxylation is 1. The molecule has 1 aromatic carbocycles. The normalized spacial score (nSPS) is 11.2. The van der Waals surface area contributed by atoms with Gasteiger partial charge < -0.3 is 10.4 Å². The Bertz CT molecular complexity index is 1060. The third kappa shape index (κ3) is 3.35. The van der Waals surface area contributed by atoms with Gasteiger partial charge in [-0.05, 0) is 32.9 Å². The second kappa shape index (κ2) is 6.96. The van der Waals surface area contributed by atoms with Gasteiger partial charge in [0.25, 0.3) is 0 Å². The van der Waals surface area contributed by atoms with Crippen molar-refractivity contribution in [3.63, 3.8) is 0 Å². The van der Waals surface area contributed by atoms with Crippen LogP contribution in [-0.2, 0) is 0 Å². The molecule has 0 atom stereocenters. The van der Waals surface area contributed by atoms with E-state index in [0.29, 0.717) is 5.69 Å². The molecule has 3 aromatic rings. The average Bonchev–Trinajstić information content (AvgIpc) is 2.86. The number of hydrogen-bond acceptors (Lipinski definition) is 5. The van der Waals surface area contributed by atoms with E-state index in [2.05, 4.69) is 15.3 Å². The molecule has 2 N–H and O–H groups in total. The van der Waals surface area contributed by atoms with Gasteiger partial charge in [-0.3, -0.25) is 9.78 Å². The zero-order valence-corrected chi connectivity index (χ0v) is 15.5. The van der Waals surface area contributed by atoms with Gasteiger partial charge in [-0.2, -0.15) is 0 Å². The van der Waals surface area contributed by atoms with Crippen molar-refractivity contribution in [2.24, 2.45) is 0 Å². The van der Waals surface area contributed by atoms with Crippen LogP contribution in [0.4, 0.5) is 9.18 Å². The number of amides is 1. The van der Waals surface area contributed by atoms with Gasteiger partial charge >= 0.3 is 6.03 Å². The minimum atomic E-state index is -0.783. The molecule has 0 unspecified atom stereocenters. The highest BCUT2D eigenvalue weighted by molar-refractivity contribution is 6.32. The van der Waals surface area contributed by atoms with Crippen LogP contribution in [0.5, 0.6) is 5.88 Å². The van der Waals surface area contributed by atoms with Crippen LogP contribution < -0.4 is 5.32 Å². The lowest BCUT2D eigenvalue weighted by Crippen LogP contribution is -2.33. The van der Waals surface area contributed by atoms with Crippen LogP contribution >= 0.6 is 11.6 Å². The number of ketones is 1. The number of nitrogens with zero attached hydrogens (tertiary/aromatic N) is 3. The maximum atomic E-state index is 14.0. The van der Waals surface area contributed by atoms with Gasteiger partial charge in [0.05, 0.1) is 28.0 Å². The Kier molecular flexibility index (Phi) is 4.84. The number of aromatic hydroxyl groups is 1. The summed E-state index contributed by atoms with van der Waals surface area (Å²) in [6, 6.07) is 1.28. The Morgan fingerprint density at radius 3 is 2.56 bits per heavy atom. The van der Waals surface area contributed by atoms with Gasteiger partial charge in [0.2, 0.25) is 11.7 Å². The first kappa shape index (κ1) is 18.8. The van der Waals surface area contributed by atoms with E-state index in [9.17, 15) is 19.1 Å². The highest BCUT2D eigenvalue weighted by atomic mass is 35.5. The third-order valence-corrected chi connectivity index (χ3v) is 4.13. The van der Waals surface area contributed by atoms with Crippen molar-refractivity contribution in [3.8, 4) is 5.88 Å². The number of hydrogen-bond donors (Lipinski definition) is 2. The Morgan fingerprint density at radius 1 is 1.26 bits per heavy atom. The third-order valence-electron chi connectivity index (χ3n) is 3.84. The maximum absolute atomic E-state index is 14.0. The van der Waals surface area contributed by atoms with Crippen LogP contribution in [0.1, 0.15) is 35.6 Å². The molecule has 0 aliphatic heterocycles. The summed E-state index contributed by atoms with van der Waals surface area (Å²) in [5.41, 5.74) is 0.403. The van der Waals surface area contributed by atoms with Gasteiger partial charge in [-0.15, -0.1) is 0 Å². The Balaban J connectivity index is 2.27. The SMILES string of the molecule is Cc1cnc(C(=O)c2c(O)n(C(=O)NC(C)C)c3cc(Cl)c(F)cc23)cn1. The van der Waals surface area contributed by atoms with E-state index in [1.165, 1.54) is 18.5 Å². The van der Waals surface area contributed by atoms with Gasteiger partial charge in [-0.1, -0.05) is 11.6 Å². The molecule has 7 nitrogen and oxygen atoms in total. The second-order valence-corrected chi connectivity index (χ2v) is 6.70. The predicted molar refractivity (Wildman–Crippen MR) is 97.8 cm³/mol. The van der Waals surface area contributed by atoms with E-state index in [0.717, 1.165) is 10.6 Å². The van der Waals surface area contributed by atoms with Crippen LogP contribution in [0, 0.1) is 12.7 Å². The molecular weight excluding hydrogens is 375 g/mol. The summed E-state index contributed by atoms with van der Waals surface area (Å²) in [4.78, 5) is 33.4. The molecule has 0 aliphatic rings. The van der Waals surface area contributed by atoms with Gasteiger partial charge in [-0.25, -0.2) is 18.7 Å². The van der Waals surface area contributed by atoms with Crippen LogP contribution in [0.2, 0.25) is 5.02 Å². The number of fused-ring (bicyclic) bond motifs is 1. The van der Waals surface area contributed by atoms with Crippen LogP contribution in [-0.4, -0.2) is 37.5 Å². The van der Waals surface area contributed by atoms with E-state index in [-0.39, 0.29) is 33.2 Å². The second-order valence-electron chi connectivity index (χ2n) is 6.29. The molecule has 2 aromatic heterocycles. The van der Waals surface area contributed by atoms with E-state index in [1.54, 1.807) is 20.8 Å². The van der Waals surface area contributed by atoms with Crippen molar-refractivity contribution in [2.45, 2.75) is 26.8 Å². The molecule has 140 valence electrons. The number of rotatable bonds is 3. The number of aromatic nitrogens is 3. The van der Waals surface area contributed by atoms with Crippen molar-refractivity contribution < 1.29 is 19.1 Å². The number of carbonyl (C=O) groups excluding carboxylic acids is 2. The largest absolute Gasteiger partial charge is 0.494 e. The van der Waals surface area contributed by atoms with Crippen molar-refractivity contribution in [3.05, 3.63) is 52.3 Å². The number of halogens is 2. The fraction of sp³-hybridized carbons (Fsp3) is 0.222. The fourth-order valence-corrected chi connectivity index (χ4v) is 2.80. The molecule has 3 rings (SSSR count). The van der Waals surface area contributed by atoms with E-state index in [4.69, 9.17) is 11.6 Å². The molecule has 0 saturated heterocycles. The van der Waals surface area contributed by atoms with Crippen LogP contribution in [0.3, 0.4) is 0 Å². The summed E-state index contributed by atoms with van der Waals surface area (Å²) in [5, 5.41) is 13.0. The minimum absolute atomic E-state index is 0.0423. The summed E-state index contributed by atoms with van der Waals surface area (Å²) in [5.74, 6) is -2.10. The Hall–Kier alpha value is -3.00. The topological polar surface area (TPSA) is 97.1 Å². The predicted octanol–water partition coefficient (Wildman–Crippen LogP) is 3.43. The zero-order valence-electron chi connectivity index (χ0n) is 14.7. The molecule has 2 heterocycles. The smallest absolute Gasteiger partial charge is 0.329 e. The van der Waals surface area contributed by atoms with Gasteiger partial charge in [0.1, 0.15) is 11.5 Å². The summed E-state index contributed by atoms with van der Waals surface area (Å²) >= 11 is 5.84. The average molecular weight is 391 g/mol. The monoisotopic (exact) mass is 390 g/mol. The lowest BCUT2D eigenvalue weighted by molar-refractivity contribution is 0.103. The minimum Gasteiger partial charge on any atom is -0.494 e. The van der Waals surface area contributed by atoms with E-state index < -0.39 is 23.5 Å². The number of benzene rings is 1. The van der Waals surface area contributed by atoms with Crippen molar-refractivity contribution in [1.82, 2.24) is 19.9 Å². The van der Waals surface area contributed by atoms with E-state index >= 15 is 0 Å². The first-order valence-corrected chi connectivity index (χ1v) is 8.45. The summed E-state index contributed by atoms with van der Waals surface area (Å²) in [6.45, 7) is 5.18. The van der Waals surface area contributed by atoms with Crippen molar-refractivity contribution in [1.29, 1.82) is 0 Å². The molecule has 27 heavy (non-hydrogen) atoms. The lowest BCUT2D eigenvalue weighted by atomic mass is 10.1. The molecule has 0 bridgehead atoms.